The van der Waals surface area contributed by atoms with Crippen LogP contribution in [0.25, 0.3) is 0 Å². The highest BCUT2D eigenvalue weighted by Gasteiger charge is 2.25. The van der Waals surface area contributed by atoms with Gasteiger partial charge in [0.1, 0.15) is 5.75 Å². The van der Waals surface area contributed by atoms with Gasteiger partial charge in [-0.2, -0.15) is 0 Å². The van der Waals surface area contributed by atoms with Crippen LogP contribution in [-0.2, 0) is 0 Å². The number of thioether (sulfide) groups is 1. The Balaban J connectivity index is 2.33. The summed E-state index contributed by atoms with van der Waals surface area (Å²) < 4.78 is 5.68. The van der Waals surface area contributed by atoms with Crippen LogP contribution >= 0.6 is 11.8 Å². The zero-order valence-corrected chi connectivity index (χ0v) is 8.71. The zero-order chi connectivity index (χ0) is 9.97. The third kappa shape index (κ3) is 1.90. The largest absolute Gasteiger partial charge is 0.488 e. The number of carbonyl (C=O) groups is 1. The Morgan fingerprint density at radius 3 is 2.93 bits per heavy atom. The number of nitrogens with zero attached hydrogens (tertiary/aromatic N) is 1. The first-order valence-electron chi connectivity index (χ1n) is 4.49. The second-order valence-corrected chi connectivity index (χ2v) is 4.04. The van der Waals surface area contributed by atoms with Crippen LogP contribution in [0.5, 0.6) is 5.75 Å². The molecule has 1 aliphatic rings. The number of aromatic nitrogens is 1. The standard InChI is InChI=1S/C10H11NO2S/c1-14-9-5-11-4-7(6-12)10(9)13-8-2-3-8/h4-6,8H,2-3H2,1H3. The molecule has 0 aromatic carbocycles. The van der Waals surface area contributed by atoms with Crippen molar-refractivity contribution < 1.29 is 9.53 Å². The minimum Gasteiger partial charge on any atom is -0.488 e. The van der Waals surface area contributed by atoms with Gasteiger partial charge in [-0.15, -0.1) is 11.8 Å². The molecule has 1 aromatic heterocycles. The van der Waals surface area contributed by atoms with E-state index in [1.807, 2.05) is 6.26 Å². The Morgan fingerprint density at radius 1 is 1.57 bits per heavy atom. The van der Waals surface area contributed by atoms with E-state index in [9.17, 15) is 4.79 Å². The molecule has 1 fully saturated rings. The van der Waals surface area contributed by atoms with Crippen LogP contribution in [0.3, 0.4) is 0 Å². The average molecular weight is 209 g/mol. The fourth-order valence-corrected chi connectivity index (χ4v) is 1.67. The number of hydrogen-bond acceptors (Lipinski definition) is 4. The summed E-state index contributed by atoms with van der Waals surface area (Å²) in [5.41, 5.74) is 0.545. The van der Waals surface area contributed by atoms with Gasteiger partial charge in [0.15, 0.2) is 6.29 Å². The van der Waals surface area contributed by atoms with E-state index in [0.29, 0.717) is 17.4 Å². The Bertz CT molecular complexity index is 350. The van der Waals surface area contributed by atoms with Crippen molar-refractivity contribution in [3.63, 3.8) is 0 Å². The SMILES string of the molecule is CSc1cncc(C=O)c1OC1CC1. The predicted molar refractivity (Wildman–Crippen MR) is 55.1 cm³/mol. The molecule has 0 atom stereocenters. The normalized spacial score (nSPS) is 15.2. The number of aldehydes is 1. The molecular weight excluding hydrogens is 198 g/mol. The molecule has 0 amide bonds. The van der Waals surface area contributed by atoms with Gasteiger partial charge in [-0.3, -0.25) is 9.78 Å². The lowest BCUT2D eigenvalue weighted by Gasteiger charge is -2.10. The van der Waals surface area contributed by atoms with Gasteiger partial charge in [0.25, 0.3) is 0 Å². The van der Waals surface area contributed by atoms with E-state index in [1.165, 1.54) is 0 Å². The summed E-state index contributed by atoms with van der Waals surface area (Å²) in [6, 6.07) is 0. The van der Waals surface area contributed by atoms with Crippen molar-refractivity contribution in [2.24, 2.45) is 0 Å². The summed E-state index contributed by atoms with van der Waals surface area (Å²) in [6.07, 6.45) is 8.51. The molecule has 0 radical (unpaired) electrons. The Labute approximate surface area is 86.9 Å². The molecular formula is C10H11NO2S. The summed E-state index contributed by atoms with van der Waals surface area (Å²) in [5.74, 6) is 0.699. The lowest BCUT2D eigenvalue weighted by molar-refractivity contribution is 0.111. The maximum atomic E-state index is 10.8. The van der Waals surface area contributed by atoms with Gasteiger partial charge in [0, 0.05) is 12.4 Å². The van der Waals surface area contributed by atoms with Crippen molar-refractivity contribution in [1.82, 2.24) is 4.98 Å². The topological polar surface area (TPSA) is 39.2 Å². The second kappa shape index (κ2) is 4.00. The first-order chi connectivity index (χ1) is 6.85. The molecule has 4 heteroatoms. The number of ether oxygens (including phenoxy) is 1. The van der Waals surface area contributed by atoms with E-state index in [0.717, 1.165) is 24.0 Å². The van der Waals surface area contributed by atoms with Crippen molar-refractivity contribution in [2.45, 2.75) is 23.8 Å². The predicted octanol–water partition coefficient (Wildman–Crippen LogP) is 2.16. The van der Waals surface area contributed by atoms with Crippen LogP contribution in [-0.4, -0.2) is 23.6 Å². The van der Waals surface area contributed by atoms with E-state index in [-0.39, 0.29) is 0 Å². The Kier molecular flexibility index (Phi) is 2.72. The minimum absolute atomic E-state index is 0.307. The number of carbonyl (C=O) groups excluding carboxylic acids is 1. The average Bonchev–Trinajstić information content (AvgIpc) is 3.02. The molecule has 1 aliphatic carbocycles. The van der Waals surface area contributed by atoms with Crippen LogP contribution in [0.4, 0.5) is 0 Å². The van der Waals surface area contributed by atoms with Crippen LogP contribution in [0.1, 0.15) is 23.2 Å². The van der Waals surface area contributed by atoms with Crippen molar-refractivity contribution >= 4 is 18.0 Å². The summed E-state index contributed by atoms with van der Waals surface area (Å²) in [7, 11) is 0. The number of rotatable bonds is 4. The van der Waals surface area contributed by atoms with E-state index < -0.39 is 0 Å². The molecule has 0 aliphatic heterocycles. The van der Waals surface area contributed by atoms with Gasteiger partial charge in [0.2, 0.25) is 0 Å². The molecule has 0 spiro atoms. The lowest BCUT2D eigenvalue weighted by atomic mass is 10.3. The summed E-state index contributed by atoms with van der Waals surface area (Å²) in [6.45, 7) is 0. The van der Waals surface area contributed by atoms with Gasteiger partial charge in [-0.25, -0.2) is 0 Å². The van der Waals surface area contributed by atoms with Crippen molar-refractivity contribution in [2.75, 3.05) is 6.26 Å². The molecule has 3 nitrogen and oxygen atoms in total. The molecule has 2 rings (SSSR count). The molecule has 14 heavy (non-hydrogen) atoms. The van der Waals surface area contributed by atoms with E-state index >= 15 is 0 Å². The minimum atomic E-state index is 0.307. The van der Waals surface area contributed by atoms with Crippen LogP contribution in [0.15, 0.2) is 17.3 Å². The van der Waals surface area contributed by atoms with Crippen LogP contribution < -0.4 is 4.74 Å². The van der Waals surface area contributed by atoms with Crippen molar-refractivity contribution in [3.8, 4) is 5.75 Å². The highest BCUT2D eigenvalue weighted by atomic mass is 32.2. The molecule has 0 N–H and O–H groups in total. The fraction of sp³-hybridized carbons (Fsp3) is 0.400. The first-order valence-corrected chi connectivity index (χ1v) is 5.71. The lowest BCUT2D eigenvalue weighted by Crippen LogP contribution is -2.01. The third-order valence-electron chi connectivity index (χ3n) is 2.05. The van der Waals surface area contributed by atoms with Crippen molar-refractivity contribution in [3.05, 3.63) is 18.0 Å². The van der Waals surface area contributed by atoms with Crippen LogP contribution in [0.2, 0.25) is 0 Å². The molecule has 1 heterocycles. The third-order valence-corrected chi connectivity index (χ3v) is 2.78. The van der Waals surface area contributed by atoms with Gasteiger partial charge in [-0.1, -0.05) is 0 Å². The van der Waals surface area contributed by atoms with Gasteiger partial charge in [0.05, 0.1) is 16.6 Å². The van der Waals surface area contributed by atoms with Crippen molar-refractivity contribution in [1.29, 1.82) is 0 Å². The molecule has 0 bridgehead atoms. The maximum absolute atomic E-state index is 10.8. The molecule has 0 saturated heterocycles. The second-order valence-electron chi connectivity index (χ2n) is 3.20. The quantitative estimate of drug-likeness (QED) is 0.562. The van der Waals surface area contributed by atoms with E-state index in [2.05, 4.69) is 4.98 Å². The summed E-state index contributed by atoms with van der Waals surface area (Å²) >= 11 is 1.55. The Hall–Kier alpha value is -1.03. The van der Waals surface area contributed by atoms with E-state index in [4.69, 9.17) is 4.74 Å². The summed E-state index contributed by atoms with van der Waals surface area (Å²) in [4.78, 5) is 15.7. The molecule has 74 valence electrons. The molecule has 1 saturated carbocycles. The molecule has 0 unspecified atom stereocenters. The first kappa shape index (κ1) is 9.52. The monoisotopic (exact) mass is 209 g/mol. The van der Waals surface area contributed by atoms with Crippen LogP contribution in [0, 0.1) is 0 Å². The zero-order valence-electron chi connectivity index (χ0n) is 7.90. The fourth-order valence-electron chi connectivity index (χ4n) is 1.15. The maximum Gasteiger partial charge on any atom is 0.155 e. The number of pyridine rings is 1. The smallest absolute Gasteiger partial charge is 0.155 e. The van der Waals surface area contributed by atoms with Gasteiger partial charge >= 0.3 is 0 Å². The number of hydrogen-bond donors (Lipinski definition) is 0. The summed E-state index contributed by atoms with van der Waals surface area (Å²) in [5, 5.41) is 0. The highest BCUT2D eigenvalue weighted by molar-refractivity contribution is 7.98. The highest BCUT2D eigenvalue weighted by Crippen LogP contribution is 2.34. The Morgan fingerprint density at radius 2 is 2.36 bits per heavy atom. The van der Waals surface area contributed by atoms with Gasteiger partial charge < -0.3 is 4.74 Å². The van der Waals surface area contributed by atoms with Gasteiger partial charge in [-0.05, 0) is 19.1 Å². The molecule has 1 aromatic rings. The van der Waals surface area contributed by atoms with E-state index in [1.54, 1.807) is 24.2 Å².